The lowest BCUT2D eigenvalue weighted by Crippen LogP contribution is -2.39. The summed E-state index contributed by atoms with van der Waals surface area (Å²) in [6.07, 6.45) is 3.96. The second-order valence-electron chi connectivity index (χ2n) is 4.12. The molecule has 0 atom stereocenters. The van der Waals surface area contributed by atoms with Gasteiger partial charge in [-0.1, -0.05) is 13.8 Å². The normalized spacial score (nSPS) is 11.3. The van der Waals surface area contributed by atoms with Crippen molar-refractivity contribution in [1.29, 1.82) is 0 Å². The van der Waals surface area contributed by atoms with Crippen molar-refractivity contribution in [2.45, 2.75) is 31.4 Å². The zero-order valence-electron chi connectivity index (χ0n) is 11.2. The summed E-state index contributed by atoms with van der Waals surface area (Å²) in [7, 11) is 0. The lowest BCUT2D eigenvalue weighted by molar-refractivity contribution is 0.0691. The van der Waals surface area contributed by atoms with Gasteiger partial charge in [-0.2, -0.15) is 11.8 Å². The lowest BCUT2D eigenvalue weighted by Gasteiger charge is -2.29. The third kappa shape index (κ3) is 3.94. The van der Waals surface area contributed by atoms with Gasteiger partial charge in [-0.25, -0.2) is 9.78 Å². The molecule has 0 aliphatic carbocycles. The maximum atomic E-state index is 11.9. The molecule has 0 fully saturated rings. The molecule has 19 heavy (non-hydrogen) atoms. The molecule has 2 N–H and O–H groups in total. The summed E-state index contributed by atoms with van der Waals surface area (Å²) in [4.78, 5) is 26.4. The fraction of sp³-hybridized carbons (Fsp3) is 0.583. The number of hydrogen-bond acceptors (Lipinski definition) is 5. The number of carbonyl (C=O) groups excluding carboxylic acids is 1. The van der Waals surface area contributed by atoms with Crippen LogP contribution in [0.15, 0.2) is 5.38 Å². The van der Waals surface area contributed by atoms with E-state index in [0.717, 1.165) is 24.2 Å². The van der Waals surface area contributed by atoms with Crippen LogP contribution in [0, 0.1) is 0 Å². The molecule has 1 aromatic rings. The van der Waals surface area contributed by atoms with Gasteiger partial charge in [0.2, 0.25) is 0 Å². The number of carbonyl (C=O) groups is 2. The first-order valence-electron chi connectivity index (χ1n) is 6.00. The first-order chi connectivity index (χ1) is 8.98. The van der Waals surface area contributed by atoms with Crippen molar-refractivity contribution in [3.8, 4) is 0 Å². The molecule has 1 aromatic heterocycles. The summed E-state index contributed by atoms with van der Waals surface area (Å²) in [5, 5.41) is 13.2. The Morgan fingerprint density at radius 2 is 2.11 bits per heavy atom. The molecule has 7 heteroatoms. The number of carboxylic acids is 1. The Kier molecular flexibility index (Phi) is 5.81. The number of hydrogen-bond donors (Lipinski definition) is 2. The second kappa shape index (κ2) is 6.91. The Balaban J connectivity index is 2.66. The van der Waals surface area contributed by atoms with E-state index in [4.69, 9.17) is 5.11 Å². The molecule has 0 aliphatic heterocycles. The number of rotatable bonds is 7. The van der Waals surface area contributed by atoms with Gasteiger partial charge < -0.3 is 10.4 Å². The van der Waals surface area contributed by atoms with Crippen molar-refractivity contribution >= 4 is 35.0 Å². The molecule has 0 saturated carbocycles. The van der Waals surface area contributed by atoms with Crippen LogP contribution in [0.1, 0.15) is 47.0 Å². The van der Waals surface area contributed by atoms with Crippen LogP contribution in [0.25, 0.3) is 0 Å². The summed E-state index contributed by atoms with van der Waals surface area (Å²) in [6, 6.07) is 0. The highest BCUT2D eigenvalue weighted by atomic mass is 32.2. The van der Waals surface area contributed by atoms with Gasteiger partial charge in [0.15, 0.2) is 10.7 Å². The first kappa shape index (κ1) is 16.0. The van der Waals surface area contributed by atoms with Crippen LogP contribution in [-0.2, 0) is 0 Å². The summed E-state index contributed by atoms with van der Waals surface area (Å²) < 4.78 is 0.0303. The van der Waals surface area contributed by atoms with Crippen molar-refractivity contribution in [3.05, 3.63) is 16.1 Å². The third-order valence-corrected chi connectivity index (χ3v) is 5.64. The average molecular weight is 302 g/mol. The Morgan fingerprint density at radius 3 is 2.53 bits per heavy atom. The summed E-state index contributed by atoms with van der Waals surface area (Å²) in [5.41, 5.74) is -0.0859. The number of nitrogens with zero attached hydrogens (tertiary/aromatic N) is 1. The van der Waals surface area contributed by atoms with E-state index in [1.54, 1.807) is 11.8 Å². The van der Waals surface area contributed by atoms with Crippen molar-refractivity contribution in [1.82, 2.24) is 10.3 Å². The zero-order chi connectivity index (χ0) is 14.5. The quantitative estimate of drug-likeness (QED) is 0.809. The van der Waals surface area contributed by atoms with Crippen LogP contribution in [0.2, 0.25) is 0 Å². The van der Waals surface area contributed by atoms with Gasteiger partial charge in [0.25, 0.3) is 5.91 Å². The van der Waals surface area contributed by atoms with Crippen LogP contribution in [0.4, 0.5) is 0 Å². The van der Waals surface area contributed by atoms with Gasteiger partial charge in [-0.05, 0) is 19.1 Å². The van der Waals surface area contributed by atoms with E-state index in [1.165, 1.54) is 5.38 Å². The smallest absolute Gasteiger partial charge is 0.355 e. The Labute approximate surface area is 120 Å². The summed E-state index contributed by atoms with van der Waals surface area (Å²) >= 11 is 2.79. The Hall–Kier alpha value is -1.08. The van der Waals surface area contributed by atoms with Crippen molar-refractivity contribution in [2.75, 3.05) is 12.8 Å². The van der Waals surface area contributed by atoms with Crippen LogP contribution in [-0.4, -0.2) is 39.5 Å². The van der Waals surface area contributed by atoms with Crippen LogP contribution >= 0.6 is 23.1 Å². The molecule has 5 nitrogen and oxygen atoms in total. The van der Waals surface area contributed by atoms with Crippen LogP contribution in [0.3, 0.4) is 0 Å². The lowest BCUT2D eigenvalue weighted by atomic mass is 10.0. The predicted molar refractivity (Wildman–Crippen MR) is 78.2 cm³/mol. The molecule has 0 bridgehead atoms. The monoisotopic (exact) mass is 302 g/mol. The molecule has 0 aliphatic rings. The van der Waals surface area contributed by atoms with Gasteiger partial charge in [-0.3, -0.25) is 4.79 Å². The maximum absolute atomic E-state index is 11.9. The van der Waals surface area contributed by atoms with E-state index in [2.05, 4.69) is 24.1 Å². The molecule has 1 heterocycles. The van der Waals surface area contributed by atoms with E-state index in [9.17, 15) is 9.59 Å². The molecule has 1 amide bonds. The van der Waals surface area contributed by atoms with Crippen molar-refractivity contribution in [3.63, 3.8) is 0 Å². The molecule has 0 radical (unpaired) electrons. The Bertz CT molecular complexity index is 447. The molecule has 1 rings (SSSR count). The van der Waals surface area contributed by atoms with Gasteiger partial charge in [0, 0.05) is 16.7 Å². The van der Waals surface area contributed by atoms with E-state index in [-0.39, 0.29) is 21.4 Å². The molecule has 0 saturated heterocycles. The van der Waals surface area contributed by atoms with E-state index in [0.29, 0.717) is 6.54 Å². The fourth-order valence-electron chi connectivity index (χ4n) is 1.65. The van der Waals surface area contributed by atoms with Gasteiger partial charge >= 0.3 is 5.97 Å². The third-order valence-electron chi connectivity index (χ3n) is 3.21. The van der Waals surface area contributed by atoms with Crippen LogP contribution < -0.4 is 5.32 Å². The maximum Gasteiger partial charge on any atom is 0.355 e. The van der Waals surface area contributed by atoms with Gasteiger partial charge in [0.1, 0.15) is 0 Å². The average Bonchev–Trinajstić information content (AvgIpc) is 2.90. The number of aromatic carboxylic acids is 1. The fourth-order valence-corrected chi connectivity index (χ4v) is 3.15. The van der Waals surface area contributed by atoms with Gasteiger partial charge in [-0.15, -0.1) is 11.3 Å². The van der Waals surface area contributed by atoms with E-state index < -0.39 is 5.97 Å². The minimum atomic E-state index is -1.11. The number of thiazole rings is 1. The molecule has 0 spiro atoms. The number of thioether (sulfide) groups is 1. The summed E-state index contributed by atoms with van der Waals surface area (Å²) in [6.45, 7) is 4.75. The number of amides is 1. The van der Waals surface area contributed by atoms with E-state index >= 15 is 0 Å². The highest BCUT2D eigenvalue weighted by molar-refractivity contribution is 8.00. The van der Waals surface area contributed by atoms with Crippen molar-refractivity contribution in [2.24, 2.45) is 0 Å². The molecular formula is C12H18N2O3S2. The minimum Gasteiger partial charge on any atom is -0.476 e. The van der Waals surface area contributed by atoms with Crippen LogP contribution in [0.5, 0.6) is 0 Å². The highest BCUT2D eigenvalue weighted by Crippen LogP contribution is 2.29. The number of aromatic nitrogens is 1. The molecule has 0 unspecified atom stereocenters. The molecular weight excluding hydrogens is 284 g/mol. The highest BCUT2D eigenvalue weighted by Gasteiger charge is 2.26. The summed E-state index contributed by atoms with van der Waals surface area (Å²) in [5.74, 6) is -1.42. The SMILES string of the molecule is CCC(CC)(CNC(=O)c1nc(C(=O)O)cs1)SC. The minimum absolute atomic E-state index is 0.0303. The Morgan fingerprint density at radius 1 is 1.47 bits per heavy atom. The van der Waals surface area contributed by atoms with Crippen molar-refractivity contribution < 1.29 is 14.7 Å². The predicted octanol–water partition coefficient (Wildman–Crippen LogP) is 2.49. The standard InChI is InChI=1S/C12H18N2O3S2/c1-4-12(5-2,18-3)7-13-9(15)10-14-8(6-19-10)11(16)17/h6H,4-5,7H2,1-3H3,(H,13,15)(H,16,17). The first-order valence-corrected chi connectivity index (χ1v) is 8.10. The number of carboxylic acid groups (broad SMARTS) is 1. The zero-order valence-corrected chi connectivity index (χ0v) is 12.9. The van der Waals surface area contributed by atoms with Gasteiger partial charge in [0.05, 0.1) is 0 Å². The second-order valence-corrected chi connectivity index (χ2v) is 6.25. The number of nitrogens with one attached hydrogen (secondary N) is 1. The molecule has 106 valence electrons. The largest absolute Gasteiger partial charge is 0.476 e. The molecule has 0 aromatic carbocycles. The topological polar surface area (TPSA) is 79.3 Å². The van der Waals surface area contributed by atoms with E-state index in [1.807, 2.05) is 6.26 Å².